The second-order valence-electron chi connectivity index (χ2n) is 7.18. The zero-order valence-electron chi connectivity index (χ0n) is 13.6. The van der Waals surface area contributed by atoms with Crippen molar-refractivity contribution in [1.29, 1.82) is 0 Å². The summed E-state index contributed by atoms with van der Waals surface area (Å²) >= 11 is 0. The summed E-state index contributed by atoms with van der Waals surface area (Å²) in [7, 11) is 2.00. The first-order valence-corrected chi connectivity index (χ1v) is 7.70. The lowest BCUT2D eigenvalue weighted by molar-refractivity contribution is -0.134. The number of hydrogen-bond donors (Lipinski definition) is 1. The molecule has 1 aliphatic heterocycles. The third-order valence-electron chi connectivity index (χ3n) is 4.50. The number of aromatic nitrogens is 1. The van der Waals surface area contributed by atoms with Gasteiger partial charge in [0.1, 0.15) is 0 Å². The molecule has 0 radical (unpaired) electrons. The molecule has 2 heterocycles. The summed E-state index contributed by atoms with van der Waals surface area (Å²) in [5, 5.41) is 3.55. The Kier molecular flexibility index (Phi) is 3.35. The molecule has 2 amide bonds. The van der Waals surface area contributed by atoms with Gasteiger partial charge in [0.25, 0.3) is 0 Å². The van der Waals surface area contributed by atoms with Crippen molar-refractivity contribution < 1.29 is 9.59 Å². The van der Waals surface area contributed by atoms with Gasteiger partial charge in [0.2, 0.25) is 11.8 Å². The number of nitrogens with zero attached hydrogens (tertiary/aromatic N) is 1. The first-order valence-electron chi connectivity index (χ1n) is 7.70. The van der Waals surface area contributed by atoms with E-state index in [-0.39, 0.29) is 23.1 Å². The highest BCUT2D eigenvalue weighted by Gasteiger charge is 2.30. The molecule has 4 nitrogen and oxygen atoms in total. The van der Waals surface area contributed by atoms with Gasteiger partial charge in [0.15, 0.2) is 0 Å². The Balaban J connectivity index is 2.09. The van der Waals surface area contributed by atoms with Gasteiger partial charge < -0.3 is 4.57 Å². The lowest BCUT2D eigenvalue weighted by Gasteiger charge is -2.21. The van der Waals surface area contributed by atoms with Crippen LogP contribution in [0.2, 0.25) is 0 Å². The van der Waals surface area contributed by atoms with E-state index in [4.69, 9.17) is 0 Å². The van der Waals surface area contributed by atoms with Crippen LogP contribution in [0.15, 0.2) is 24.4 Å². The molecule has 3 rings (SSSR count). The van der Waals surface area contributed by atoms with E-state index < -0.39 is 0 Å². The van der Waals surface area contributed by atoms with Gasteiger partial charge in [-0.05, 0) is 29.0 Å². The molecule has 4 heteroatoms. The lowest BCUT2D eigenvalue weighted by atomic mass is 9.85. The van der Waals surface area contributed by atoms with E-state index in [2.05, 4.69) is 48.9 Å². The summed E-state index contributed by atoms with van der Waals surface area (Å²) < 4.78 is 2.07. The van der Waals surface area contributed by atoms with Crippen LogP contribution >= 0.6 is 0 Å². The van der Waals surface area contributed by atoms with Gasteiger partial charge >= 0.3 is 0 Å². The van der Waals surface area contributed by atoms with E-state index in [1.165, 1.54) is 5.56 Å². The Bertz CT molecular complexity index is 765. The Morgan fingerprint density at radius 2 is 1.95 bits per heavy atom. The molecular weight excluding hydrogens is 276 g/mol. The Morgan fingerprint density at radius 3 is 2.59 bits per heavy atom. The number of imide groups is 1. The predicted octanol–water partition coefficient (Wildman–Crippen LogP) is 3.00. The van der Waals surface area contributed by atoms with Crippen LogP contribution in [0.3, 0.4) is 0 Å². The topological polar surface area (TPSA) is 51.1 Å². The molecule has 0 aliphatic carbocycles. The number of carbonyl (C=O) groups excluding carboxylic acids is 2. The van der Waals surface area contributed by atoms with E-state index >= 15 is 0 Å². The van der Waals surface area contributed by atoms with Crippen molar-refractivity contribution in [2.24, 2.45) is 7.05 Å². The summed E-state index contributed by atoms with van der Waals surface area (Å²) in [5.41, 5.74) is 3.51. The van der Waals surface area contributed by atoms with E-state index in [9.17, 15) is 9.59 Å². The molecule has 1 N–H and O–H groups in total. The third kappa shape index (κ3) is 2.43. The van der Waals surface area contributed by atoms with E-state index in [1.807, 2.05) is 13.2 Å². The van der Waals surface area contributed by atoms with Gasteiger partial charge in [0, 0.05) is 30.6 Å². The molecule has 1 unspecified atom stereocenters. The number of hydrogen-bond acceptors (Lipinski definition) is 2. The number of amides is 2. The number of aryl methyl sites for hydroxylation is 1. The van der Waals surface area contributed by atoms with Crippen molar-refractivity contribution in [2.75, 3.05) is 0 Å². The molecule has 0 bridgehead atoms. The third-order valence-corrected chi connectivity index (χ3v) is 4.50. The van der Waals surface area contributed by atoms with Crippen molar-refractivity contribution in [3.8, 4) is 0 Å². The fourth-order valence-electron chi connectivity index (χ4n) is 3.15. The molecule has 1 aliphatic rings. The molecule has 1 fully saturated rings. The number of piperidine rings is 1. The molecule has 1 aromatic carbocycles. The Labute approximate surface area is 130 Å². The van der Waals surface area contributed by atoms with Crippen molar-refractivity contribution in [3.05, 3.63) is 35.5 Å². The van der Waals surface area contributed by atoms with Gasteiger partial charge in [-0.25, -0.2) is 0 Å². The summed E-state index contributed by atoms with van der Waals surface area (Å²) in [6, 6.07) is 6.44. The van der Waals surface area contributed by atoms with Crippen LogP contribution in [0.5, 0.6) is 0 Å². The monoisotopic (exact) mass is 298 g/mol. The van der Waals surface area contributed by atoms with E-state index in [0.29, 0.717) is 12.8 Å². The molecule has 1 saturated heterocycles. The second-order valence-corrected chi connectivity index (χ2v) is 7.18. The van der Waals surface area contributed by atoms with E-state index in [1.54, 1.807) is 0 Å². The SMILES string of the molecule is Cn1cc(C2CCC(=O)NC2=O)c2ccc(C(C)(C)C)cc21. The highest BCUT2D eigenvalue weighted by atomic mass is 16.2. The maximum Gasteiger partial charge on any atom is 0.234 e. The highest BCUT2D eigenvalue weighted by molar-refractivity contribution is 6.03. The second kappa shape index (κ2) is 4.97. The van der Waals surface area contributed by atoms with Gasteiger partial charge in [0.05, 0.1) is 5.92 Å². The number of carbonyl (C=O) groups is 2. The predicted molar refractivity (Wildman–Crippen MR) is 86.7 cm³/mol. The fourth-order valence-corrected chi connectivity index (χ4v) is 3.15. The lowest BCUT2D eigenvalue weighted by Crippen LogP contribution is -2.39. The summed E-state index contributed by atoms with van der Waals surface area (Å²) in [6.07, 6.45) is 3.02. The zero-order valence-corrected chi connectivity index (χ0v) is 13.6. The van der Waals surface area contributed by atoms with Gasteiger partial charge in [-0.2, -0.15) is 0 Å². The molecular formula is C18H22N2O2. The van der Waals surface area contributed by atoms with Crippen LogP contribution in [0, 0.1) is 0 Å². The number of nitrogens with one attached hydrogen (secondary N) is 1. The van der Waals surface area contributed by atoms with Crippen LogP contribution in [-0.2, 0) is 22.1 Å². The first kappa shape index (κ1) is 14.8. The minimum atomic E-state index is -0.234. The van der Waals surface area contributed by atoms with Crippen LogP contribution in [0.25, 0.3) is 10.9 Å². The molecule has 1 atom stereocenters. The van der Waals surface area contributed by atoms with Crippen LogP contribution in [0.1, 0.15) is 50.7 Å². The van der Waals surface area contributed by atoms with Crippen LogP contribution in [-0.4, -0.2) is 16.4 Å². The number of fused-ring (bicyclic) bond motifs is 1. The van der Waals surface area contributed by atoms with E-state index in [0.717, 1.165) is 16.5 Å². The van der Waals surface area contributed by atoms with Crippen molar-refractivity contribution in [3.63, 3.8) is 0 Å². The average Bonchev–Trinajstić information content (AvgIpc) is 2.75. The van der Waals surface area contributed by atoms with Crippen molar-refractivity contribution >= 4 is 22.7 Å². The summed E-state index contributed by atoms with van der Waals surface area (Å²) in [4.78, 5) is 23.5. The fraction of sp³-hybridized carbons (Fsp3) is 0.444. The van der Waals surface area contributed by atoms with Gasteiger partial charge in [-0.15, -0.1) is 0 Å². The number of rotatable bonds is 1. The highest BCUT2D eigenvalue weighted by Crippen LogP contribution is 2.34. The average molecular weight is 298 g/mol. The first-order chi connectivity index (χ1) is 10.3. The summed E-state index contributed by atoms with van der Waals surface area (Å²) in [6.45, 7) is 6.58. The molecule has 22 heavy (non-hydrogen) atoms. The van der Waals surface area contributed by atoms with Gasteiger partial charge in [-0.1, -0.05) is 32.9 Å². The standard InChI is InChI=1S/C18H22N2O2/c1-18(2,3)11-5-6-12-14(10-20(4)15(12)9-11)13-7-8-16(21)19-17(13)22/h5-6,9-10,13H,7-8H2,1-4H3,(H,19,21,22). The molecule has 0 saturated carbocycles. The smallest absolute Gasteiger partial charge is 0.234 e. The minimum Gasteiger partial charge on any atom is -0.350 e. The summed E-state index contributed by atoms with van der Waals surface area (Å²) in [5.74, 6) is -0.581. The molecule has 2 aromatic rings. The van der Waals surface area contributed by atoms with Crippen LogP contribution in [0.4, 0.5) is 0 Å². The maximum absolute atomic E-state index is 12.1. The number of benzene rings is 1. The zero-order chi connectivity index (χ0) is 16.1. The van der Waals surface area contributed by atoms with Crippen molar-refractivity contribution in [2.45, 2.75) is 44.9 Å². The van der Waals surface area contributed by atoms with Crippen molar-refractivity contribution in [1.82, 2.24) is 9.88 Å². The van der Waals surface area contributed by atoms with Gasteiger partial charge in [-0.3, -0.25) is 14.9 Å². The normalized spacial score (nSPS) is 19.5. The quantitative estimate of drug-likeness (QED) is 0.823. The Morgan fingerprint density at radius 1 is 1.23 bits per heavy atom. The molecule has 116 valence electrons. The Hall–Kier alpha value is -2.10. The van der Waals surface area contributed by atoms with Crippen LogP contribution < -0.4 is 5.32 Å². The molecule has 1 aromatic heterocycles. The minimum absolute atomic E-state index is 0.0905. The maximum atomic E-state index is 12.1. The largest absolute Gasteiger partial charge is 0.350 e. The molecule has 0 spiro atoms.